The molecule has 1 saturated carbocycles. The average molecular weight is 443 g/mol. The van der Waals surface area contributed by atoms with Crippen LogP contribution in [0.25, 0.3) is 11.3 Å². The highest BCUT2D eigenvalue weighted by Gasteiger charge is 2.38. The number of nitrogens with zero attached hydrogens (tertiary/aromatic N) is 5. The first-order valence-electron chi connectivity index (χ1n) is 12.0. The lowest BCUT2D eigenvalue weighted by atomic mass is 10.1. The van der Waals surface area contributed by atoms with Crippen molar-refractivity contribution in [3.8, 4) is 11.3 Å². The fourth-order valence-corrected chi connectivity index (χ4v) is 5.50. The average Bonchev–Trinajstić information content (AvgIpc) is 3.49. The zero-order valence-electron chi connectivity index (χ0n) is 19.1. The number of hydrogen-bond donors (Lipinski definition) is 1. The van der Waals surface area contributed by atoms with E-state index < -0.39 is 0 Å². The fraction of sp³-hybridized carbons (Fsp3) is 0.423. The minimum absolute atomic E-state index is 0.595. The predicted molar refractivity (Wildman–Crippen MR) is 131 cm³/mol. The van der Waals surface area contributed by atoms with E-state index in [1.165, 1.54) is 37.1 Å². The summed E-state index contributed by atoms with van der Waals surface area (Å²) >= 11 is 0. The van der Waals surface area contributed by atoms with Crippen LogP contribution in [0.3, 0.4) is 0 Å². The summed E-state index contributed by atoms with van der Waals surface area (Å²) in [5.41, 5.74) is 5.52. The monoisotopic (exact) mass is 442 g/mol. The van der Waals surface area contributed by atoms with Crippen LogP contribution in [-0.2, 0) is 4.74 Å². The van der Waals surface area contributed by atoms with Crippen molar-refractivity contribution in [3.63, 3.8) is 0 Å². The minimum Gasteiger partial charge on any atom is -0.378 e. The van der Waals surface area contributed by atoms with Gasteiger partial charge in [-0.3, -0.25) is 0 Å². The van der Waals surface area contributed by atoms with Gasteiger partial charge in [-0.05, 0) is 74.1 Å². The number of morpholine rings is 1. The molecule has 0 spiro atoms. The second-order valence-corrected chi connectivity index (χ2v) is 9.38. The van der Waals surface area contributed by atoms with E-state index in [1.54, 1.807) is 6.20 Å². The van der Waals surface area contributed by atoms with Gasteiger partial charge in [-0.15, -0.1) is 0 Å². The fourth-order valence-electron chi connectivity index (χ4n) is 5.50. The smallest absolute Gasteiger partial charge is 0.227 e. The van der Waals surface area contributed by atoms with Crippen LogP contribution in [0.5, 0.6) is 0 Å². The Morgan fingerprint density at radius 3 is 2.67 bits per heavy atom. The third-order valence-corrected chi connectivity index (χ3v) is 7.21. The van der Waals surface area contributed by atoms with Gasteiger partial charge >= 0.3 is 0 Å². The van der Waals surface area contributed by atoms with E-state index in [9.17, 15) is 0 Å². The van der Waals surface area contributed by atoms with Crippen LogP contribution in [0.4, 0.5) is 23.1 Å². The first kappa shape index (κ1) is 20.4. The largest absolute Gasteiger partial charge is 0.378 e. The topological polar surface area (TPSA) is 66.4 Å². The van der Waals surface area contributed by atoms with Crippen LogP contribution < -0.4 is 15.1 Å². The number of benzene rings is 1. The molecule has 2 saturated heterocycles. The molecule has 7 nitrogen and oxygen atoms in total. The van der Waals surface area contributed by atoms with Crippen LogP contribution in [0.1, 0.15) is 24.8 Å². The van der Waals surface area contributed by atoms with Gasteiger partial charge in [0, 0.05) is 55.0 Å². The van der Waals surface area contributed by atoms with E-state index in [-0.39, 0.29) is 0 Å². The number of aryl methyl sites for hydroxylation is 1. The molecule has 2 bridgehead atoms. The lowest BCUT2D eigenvalue weighted by molar-refractivity contribution is 0.122. The highest BCUT2D eigenvalue weighted by Crippen LogP contribution is 2.41. The zero-order chi connectivity index (χ0) is 22.2. The first-order valence-corrected chi connectivity index (χ1v) is 12.0. The van der Waals surface area contributed by atoms with Crippen molar-refractivity contribution in [3.05, 3.63) is 54.4 Å². The quantitative estimate of drug-likeness (QED) is 0.628. The molecule has 1 aromatic carbocycles. The van der Waals surface area contributed by atoms with Crippen molar-refractivity contribution >= 4 is 23.1 Å². The number of fused-ring (bicyclic) bond motifs is 2. The molecule has 1 aliphatic carbocycles. The normalized spacial score (nSPS) is 22.1. The van der Waals surface area contributed by atoms with Gasteiger partial charge in [0.25, 0.3) is 0 Å². The van der Waals surface area contributed by atoms with E-state index in [0.29, 0.717) is 5.95 Å². The number of ether oxygens (including phenoxy) is 1. The molecule has 2 aromatic heterocycles. The summed E-state index contributed by atoms with van der Waals surface area (Å²) in [5, 5.41) is 3.39. The molecule has 3 aliphatic rings. The van der Waals surface area contributed by atoms with Crippen LogP contribution in [0.15, 0.2) is 48.8 Å². The summed E-state index contributed by atoms with van der Waals surface area (Å²) in [6, 6.07) is 13.4. The Morgan fingerprint density at radius 2 is 1.94 bits per heavy atom. The number of hydrogen-bond acceptors (Lipinski definition) is 7. The lowest BCUT2D eigenvalue weighted by Gasteiger charge is -2.30. The minimum atomic E-state index is 0.595. The summed E-state index contributed by atoms with van der Waals surface area (Å²) in [6.45, 7) is 6.68. The summed E-state index contributed by atoms with van der Waals surface area (Å²) in [5.74, 6) is 2.47. The maximum atomic E-state index is 5.43. The van der Waals surface area contributed by atoms with Crippen molar-refractivity contribution in [2.75, 3.05) is 48.0 Å². The van der Waals surface area contributed by atoms with E-state index >= 15 is 0 Å². The number of anilines is 4. The standard InChI is InChI=1S/C26H30N6O/c1-18-14-21(4-6-24(18)32-17-19-2-5-22(32)15-19)29-26-27-9-8-23(30-26)20-3-7-25(28-16-20)31-10-12-33-13-11-31/h3-4,6-9,14,16,19,22H,2,5,10-13,15,17H2,1H3,(H,27,29,30). The lowest BCUT2D eigenvalue weighted by Crippen LogP contribution is -2.36. The van der Waals surface area contributed by atoms with Crippen molar-refractivity contribution in [1.29, 1.82) is 0 Å². The first-order chi connectivity index (χ1) is 16.2. The molecule has 2 atom stereocenters. The highest BCUT2D eigenvalue weighted by molar-refractivity contribution is 5.66. The van der Waals surface area contributed by atoms with E-state index in [4.69, 9.17) is 9.72 Å². The van der Waals surface area contributed by atoms with E-state index in [2.05, 4.69) is 62.3 Å². The van der Waals surface area contributed by atoms with E-state index in [1.807, 2.05) is 12.3 Å². The maximum Gasteiger partial charge on any atom is 0.227 e. The molecule has 2 aliphatic heterocycles. The number of nitrogens with one attached hydrogen (secondary N) is 1. The van der Waals surface area contributed by atoms with Gasteiger partial charge in [-0.25, -0.2) is 15.0 Å². The number of aromatic nitrogens is 3. The number of piperidine rings is 1. The second-order valence-electron chi connectivity index (χ2n) is 9.38. The summed E-state index contributed by atoms with van der Waals surface area (Å²) in [4.78, 5) is 18.7. The van der Waals surface area contributed by atoms with Gasteiger partial charge in [0.1, 0.15) is 5.82 Å². The Kier molecular flexibility index (Phi) is 5.34. The highest BCUT2D eigenvalue weighted by atomic mass is 16.5. The molecular weight excluding hydrogens is 412 g/mol. The third kappa shape index (κ3) is 4.13. The van der Waals surface area contributed by atoms with Gasteiger partial charge in [0.2, 0.25) is 5.95 Å². The van der Waals surface area contributed by atoms with Crippen LogP contribution >= 0.6 is 0 Å². The van der Waals surface area contributed by atoms with Crippen LogP contribution in [0.2, 0.25) is 0 Å². The van der Waals surface area contributed by atoms with Crippen LogP contribution in [-0.4, -0.2) is 53.8 Å². The van der Waals surface area contributed by atoms with Gasteiger partial charge in [-0.2, -0.15) is 0 Å². The van der Waals surface area contributed by atoms with Crippen molar-refractivity contribution in [2.45, 2.75) is 32.2 Å². The second kappa shape index (κ2) is 8.63. The molecule has 1 N–H and O–H groups in total. The zero-order valence-corrected chi connectivity index (χ0v) is 19.1. The molecule has 7 heteroatoms. The Labute approximate surface area is 194 Å². The molecule has 33 heavy (non-hydrogen) atoms. The van der Waals surface area contributed by atoms with Crippen molar-refractivity contribution in [2.24, 2.45) is 5.92 Å². The maximum absolute atomic E-state index is 5.43. The Morgan fingerprint density at radius 1 is 1.03 bits per heavy atom. The van der Waals surface area contributed by atoms with E-state index in [0.717, 1.165) is 61.0 Å². The molecule has 0 radical (unpaired) electrons. The molecule has 4 heterocycles. The Balaban J connectivity index is 1.17. The molecule has 2 unspecified atom stereocenters. The van der Waals surface area contributed by atoms with Crippen molar-refractivity contribution < 1.29 is 4.74 Å². The van der Waals surface area contributed by atoms with Gasteiger partial charge < -0.3 is 19.9 Å². The molecule has 0 amide bonds. The van der Waals surface area contributed by atoms with Gasteiger partial charge in [0.05, 0.1) is 18.9 Å². The number of rotatable bonds is 5. The number of pyridine rings is 1. The van der Waals surface area contributed by atoms with Gasteiger partial charge in [0.15, 0.2) is 0 Å². The van der Waals surface area contributed by atoms with Gasteiger partial charge in [-0.1, -0.05) is 0 Å². The summed E-state index contributed by atoms with van der Waals surface area (Å²) in [7, 11) is 0. The molecule has 3 aromatic rings. The summed E-state index contributed by atoms with van der Waals surface area (Å²) in [6.07, 6.45) is 7.79. The Hall–Kier alpha value is -3.19. The predicted octanol–water partition coefficient (Wildman–Crippen LogP) is 4.42. The molecule has 170 valence electrons. The Bertz CT molecular complexity index is 1130. The SMILES string of the molecule is Cc1cc(Nc2nccc(-c3ccc(N4CCOCC4)nc3)n2)ccc1N1CC2CCC1C2. The molecule has 6 rings (SSSR count). The van der Waals surface area contributed by atoms with Crippen molar-refractivity contribution in [1.82, 2.24) is 15.0 Å². The summed E-state index contributed by atoms with van der Waals surface area (Å²) < 4.78 is 5.43. The van der Waals surface area contributed by atoms with Crippen LogP contribution in [0, 0.1) is 12.8 Å². The molecule has 3 fully saturated rings. The molecular formula is C26H30N6O. The third-order valence-electron chi connectivity index (χ3n) is 7.21.